The molecule has 2 aromatic carbocycles. The number of carbonyl (C=O) groups is 1. The number of hydrogen-bond donors (Lipinski definition) is 3. The molecule has 0 saturated carbocycles. The molecule has 23 heavy (non-hydrogen) atoms. The number of aromatic nitrogens is 1. The lowest BCUT2D eigenvalue weighted by Crippen LogP contribution is -2.27. The Bertz CT molecular complexity index is 823. The van der Waals surface area contributed by atoms with Gasteiger partial charge in [-0.1, -0.05) is 40.2 Å². The molecule has 0 bridgehead atoms. The largest absolute Gasteiger partial charge is 0.399 e. The molecule has 0 aliphatic carbocycles. The van der Waals surface area contributed by atoms with Crippen molar-refractivity contribution in [3.05, 3.63) is 65.4 Å². The van der Waals surface area contributed by atoms with Crippen LogP contribution in [0.15, 0.2) is 48.5 Å². The summed E-state index contributed by atoms with van der Waals surface area (Å²) in [6.45, 7) is 1.96. The van der Waals surface area contributed by atoms with Crippen molar-refractivity contribution in [3.8, 4) is 0 Å². The first kappa shape index (κ1) is 15.6. The first-order valence-electron chi connectivity index (χ1n) is 7.41. The summed E-state index contributed by atoms with van der Waals surface area (Å²) in [4.78, 5) is 15.9. The third kappa shape index (κ3) is 3.24. The van der Waals surface area contributed by atoms with Crippen LogP contribution in [0.5, 0.6) is 0 Å². The van der Waals surface area contributed by atoms with Gasteiger partial charge in [0.2, 0.25) is 0 Å². The molecule has 0 radical (unpaired) electrons. The first-order chi connectivity index (χ1) is 11.1. The summed E-state index contributed by atoms with van der Waals surface area (Å²) in [6.07, 6.45) is 0. The Kier molecular flexibility index (Phi) is 4.39. The summed E-state index contributed by atoms with van der Waals surface area (Å²) in [5.41, 5.74) is 9.95. The summed E-state index contributed by atoms with van der Waals surface area (Å²) in [5, 5.41) is 4.77. The number of benzene rings is 2. The number of anilines is 1. The van der Waals surface area contributed by atoms with E-state index in [1.165, 1.54) is 0 Å². The lowest BCUT2D eigenvalue weighted by Gasteiger charge is -2.14. The number of nitrogens with two attached hydrogens (primary N) is 1. The van der Waals surface area contributed by atoms with Crippen molar-refractivity contribution in [2.45, 2.75) is 18.3 Å². The third-order valence-electron chi connectivity index (χ3n) is 3.89. The van der Waals surface area contributed by atoms with E-state index in [0.29, 0.717) is 16.6 Å². The molecule has 0 fully saturated rings. The molecule has 0 aliphatic heterocycles. The molecule has 118 valence electrons. The fraction of sp³-hybridized carbons (Fsp3) is 0.167. The van der Waals surface area contributed by atoms with E-state index in [1.54, 1.807) is 12.1 Å². The fourth-order valence-corrected chi connectivity index (χ4v) is 3.09. The van der Waals surface area contributed by atoms with E-state index in [2.05, 4.69) is 32.3 Å². The second kappa shape index (κ2) is 6.46. The van der Waals surface area contributed by atoms with E-state index < -0.39 is 0 Å². The summed E-state index contributed by atoms with van der Waals surface area (Å²) >= 11 is 3.41. The Balaban J connectivity index is 1.83. The van der Waals surface area contributed by atoms with Gasteiger partial charge in [0.15, 0.2) is 0 Å². The van der Waals surface area contributed by atoms with Crippen LogP contribution in [0.4, 0.5) is 5.69 Å². The highest BCUT2D eigenvalue weighted by Gasteiger charge is 2.16. The highest BCUT2D eigenvalue weighted by Crippen LogP contribution is 2.21. The molecule has 1 amide bonds. The van der Waals surface area contributed by atoms with Crippen molar-refractivity contribution in [2.24, 2.45) is 0 Å². The van der Waals surface area contributed by atoms with Gasteiger partial charge < -0.3 is 16.0 Å². The number of hydrogen-bond acceptors (Lipinski definition) is 2. The van der Waals surface area contributed by atoms with Gasteiger partial charge >= 0.3 is 0 Å². The number of alkyl halides is 1. The van der Waals surface area contributed by atoms with Crippen LogP contribution in [0.25, 0.3) is 10.9 Å². The van der Waals surface area contributed by atoms with Crippen molar-refractivity contribution in [3.63, 3.8) is 0 Å². The number of fused-ring (bicyclic) bond motifs is 1. The minimum absolute atomic E-state index is 0.125. The predicted octanol–water partition coefficient (Wildman–Crippen LogP) is 4.14. The maximum atomic E-state index is 12.6. The molecule has 0 saturated heterocycles. The van der Waals surface area contributed by atoms with Crippen molar-refractivity contribution < 1.29 is 4.79 Å². The van der Waals surface area contributed by atoms with Gasteiger partial charge in [-0.05, 0) is 42.1 Å². The molecule has 1 unspecified atom stereocenters. The topological polar surface area (TPSA) is 70.9 Å². The Morgan fingerprint density at radius 3 is 2.78 bits per heavy atom. The Morgan fingerprint density at radius 1 is 1.26 bits per heavy atom. The highest BCUT2D eigenvalue weighted by atomic mass is 79.9. The van der Waals surface area contributed by atoms with Gasteiger partial charge in [-0.3, -0.25) is 4.79 Å². The van der Waals surface area contributed by atoms with Crippen LogP contribution in [0.1, 0.15) is 34.6 Å². The van der Waals surface area contributed by atoms with Gasteiger partial charge in [0.1, 0.15) is 0 Å². The van der Waals surface area contributed by atoms with E-state index in [9.17, 15) is 4.79 Å². The van der Waals surface area contributed by atoms with Crippen LogP contribution in [0.3, 0.4) is 0 Å². The van der Waals surface area contributed by atoms with Crippen LogP contribution in [-0.4, -0.2) is 10.9 Å². The second-order valence-electron chi connectivity index (χ2n) is 5.56. The van der Waals surface area contributed by atoms with Crippen LogP contribution in [-0.2, 0) is 5.33 Å². The standard InChI is InChI=1S/C18H18BrN3O/c1-11(17-8-12-4-2-3-5-16(12)22-17)21-18(23)15-9-14(20)7-6-13(15)10-19/h2-9,11,22H,10,20H2,1H3,(H,21,23). The van der Waals surface area contributed by atoms with Crippen LogP contribution in [0.2, 0.25) is 0 Å². The van der Waals surface area contributed by atoms with E-state index in [-0.39, 0.29) is 11.9 Å². The monoisotopic (exact) mass is 371 g/mol. The molecule has 1 atom stereocenters. The second-order valence-corrected chi connectivity index (χ2v) is 6.12. The smallest absolute Gasteiger partial charge is 0.252 e. The van der Waals surface area contributed by atoms with Gasteiger partial charge in [-0.25, -0.2) is 0 Å². The molecule has 5 heteroatoms. The van der Waals surface area contributed by atoms with Gasteiger partial charge in [0, 0.05) is 27.8 Å². The van der Waals surface area contributed by atoms with E-state index in [0.717, 1.165) is 22.2 Å². The molecular formula is C18H18BrN3O. The van der Waals surface area contributed by atoms with Crippen LogP contribution in [0, 0.1) is 0 Å². The van der Waals surface area contributed by atoms with Gasteiger partial charge in [0.05, 0.1) is 6.04 Å². The first-order valence-corrected chi connectivity index (χ1v) is 8.53. The number of nitrogens with one attached hydrogen (secondary N) is 2. The molecule has 1 heterocycles. The van der Waals surface area contributed by atoms with Crippen molar-refractivity contribution in [2.75, 3.05) is 5.73 Å². The zero-order valence-corrected chi connectivity index (χ0v) is 14.4. The minimum atomic E-state index is -0.127. The Hall–Kier alpha value is -2.27. The van der Waals surface area contributed by atoms with Gasteiger partial charge in [-0.2, -0.15) is 0 Å². The van der Waals surface area contributed by atoms with E-state index >= 15 is 0 Å². The Morgan fingerprint density at radius 2 is 2.04 bits per heavy atom. The van der Waals surface area contributed by atoms with Crippen LogP contribution >= 0.6 is 15.9 Å². The average Bonchev–Trinajstić information content (AvgIpc) is 2.99. The zero-order chi connectivity index (χ0) is 16.4. The number of amides is 1. The summed E-state index contributed by atoms with van der Waals surface area (Å²) in [5.74, 6) is -0.127. The molecular weight excluding hydrogens is 354 g/mol. The van der Waals surface area contributed by atoms with Crippen LogP contribution < -0.4 is 11.1 Å². The molecule has 1 aromatic heterocycles. The molecule has 3 rings (SSSR count). The third-order valence-corrected chi connectivity index (χ3v) is 4.49. The van der Waals surface area contributed by atoms with Crippen molar-refractivity contribution >= 4 is 38.4 Å². The number of nitrogen functional groups attached to an aromatic ring is 1. The average molecular weight is 372 g/mol. The molecule has 4 N–H and O–H groups in total. The summed E-state index contributed by atoms with van der Waals surface area (Å²) < 4.78 is 0. The fourth-order valence-electron chi connectivity index (χ4n) is 2.60. The lowest BCUT2D eigenvalue weighted by atomic mass is 10.1. The number of H-pyrrole nitrogens is 1. The number of halogens is 1. The maximum Gasteiger partial charge on any atom is 0.252 e. The minimum Gasteiger partial charge on any atom is -0.399 e. The van der Waals surface area contributed by atoms with E-state index in [1.807, 2.05) is 37.3 Å². The van der Waals surface area contributed by atoms with Crippen molar-refractivity contribution in [1.82, 2.24) is 10.3 Å². The molecule has 3 aromatic rings. The molecule has 0 spiro atoms. The number of carbonyl (C=O) groups excluding carboxylic acids is 1. The SMILES string of the molecule is CC(NC(=O)c1cc(N)ccc1CBr)c1cc2ccccc2[nH]1. The quantitative estimate of drug-likeness (QED) is 0.476. The van der Waals surface area contributed by atoms with E-state index in [4.69, 9.17) is 5.73 Å². The van der Waals surface area contributed by atoms with Gasteiger partial charge in [-0.15, -0.1) is 0 Å². The molecule has 0 aliphatic rings. The highest BCUT2D eigenvalue weighted by molar-refractivity contribution is 9.08. The number of rotatable bonds is 4. The predicted molar refractivity (Wildman–Crippen MR) is 97.7 cm³/mol. The molecule has 4 nitrogen and oxygen atoms in total. The number of aromatic amines is 1. The normalized spacial score (nSPS) is 12.3. The Labute approximate surface area is 143 Å². The van der Waals surface area contributed by atoms with Gasteiger partial charge in [0.25, 0.3) is 5.91 Å². The lowest BCUT2D eigenvalue weighted by molar-refractivity contribution is 0.0938. The maximum absolute atomic E-state index is 12.6. The number of para-hydroxylation sites is 1. The summed E-state index contributed by atoms with van der Waals surface area (Å²) in [7, 11) is 0. The summed E-state index contributed by atoms with van der Waals surface area (Å²) in [6, 6.07) is 15.4. The van der Waals surface area contributed by atoms with Crippen molar-refractivity contribution in [1.29, 1.82) is 0 Å². The zero-order valence-electron chi connectivity index (χ0n) is 12.8.